The SMILES string of the molecule is O=C(NCc1ccc(F)cc1)C1CC(=O)N(c2ccc(F)c(Cl)c2)C1. The first-order valence-corrected chi connectivity index (χ1v) is 8.09. The largest absolute Gasteiger partial charge is 0.352 e. The van der Waals surface area contributed by atoms with Crippen molar-refractivity contribution in [1.82, 2.24) is 5.32 Å². The normalized spacial score (nSPS) is 17.0. The Hall–Kier alpha value is -2.47. The summed E-state index contributed by atoms with van der Waals surface area (Å²) in [5.74, 6) is -1.88. The average molecular weight is 365 g/mol. The molecule has 130 valence electrons. The summed E-state index contributed by atoms with van der Waals surface area (Å²) in [5.41, 5.74) is 1.23. The van der Waals surface area contributed by atoms with Crippen molar-refractivity contribution in [1.29, 1.82) is 0 Å². The standard InChI is InChI=1S/C18H15ClF2N2O2/c19-15-8-14(5-6-16(15)21)23-10-12(7-17(23)24)18(25)22-9-11-1-3-13(20)4-2-11/h1-6,8,12H,7,9-10H2,(H,22,25). The number of hydrogen-bond acceptors (Lipinski definition) is 2. The van der Waals surface area contributed by atoms with Crippen LogP contribution in [0.5, 0.6) is 0 Å². The van der Waals surface area contributed by atoms with Gasteiger partial charge in [-0.2, -0.15) is 0 Å². The minimum Gasteiger partial charge on any atom is -0.352 e. The zero-order valence-electron chi connectivity index (χ0n) is 13.1. The first-order valence-electron chi connectivity index (χ1n) is 7.71. The molecule has 1 atom stereocenters. The Morgan fingerprint density at radius 1 is 1.20 bits per heavy atom. The third-order valence-corrected chi connectivity index (χ3v) is 4.38. The van der Waals surface area contributed by atoms with Gasteiger partial charge in [-0.3, -0.25) is 9.59 Å². The van der Waals surface area contributed by atoms with Crippen LogP contribution < -0.4 is 10.2 Å². The molecule has 1 aliphatic rings. The summed E-state index contributed by atoms with van der Waals surface area (Å²) in [7, 11) is 0. The number of nitrogens with zero attached hydrogens (tertiary/aromatic N) is 1. The number of rotatable bonds is 4. The Morgan fingerprint density at radius 3 is 2.60 bits per heavy atom. The van der Waals surface area contributed by atoms with Gasteiger partial charge in [0.15, 0.2) is 0 Å². The quantitative estimate of drug-likeness (QED) is 0.905. The molecule has 1 unspecified atom stereocenters. The van der Waals surface area contributed by atoms with E-state index >= 15 is 0 Å². The van der Waals surface area contributed by atoms with Crippen molar-refractivity contribution in [2.45, 2.75) is 13.0 Å². The van der Waals surface area contributed by atoms with E-state index in [4.69, 9.17) is 11.6 Å². The molecule has 0 bridgehead atoms. The van der Waals surface area contributed by atoms with E-state index < -0.39 is 11.7 Å². The van der Waals surface area contributed by atoms with Crippen LogP contribution in [0, 0.1) is 17.6 Å². The van der Waals surface area contributed by atoms with Gasteiger partial charge in [0, 0.05) is 25.2 Å². The molecule has 1 saturated heterocycles. The molecule has 0 saturated carbocycles. The van der Waals surface area contributed by atoms with Crippen LogP contribution in [0.2, 0.25) is 5.02 Å². The number of benzene rings is 2. The first-order chi connectivity index (χ1) is 11.9. The van der Waals surface area contributed by atoms with E-state index in [1.165, 1.54) is 35.2 Å². The lowest BCUT2D eigenvalue weighted by molar-refractivity contribution is -0.126. The maximum absolute atomic E-state index is 13.3. The predicted octanol–water partition coefficient (Wildman–Crippen LogP) is 3.29. The third-order valence-electron chi connectivity index (χ3n) is 4.09. The summed E-state index contributed by atoms with van der Waals surface area (Å²) in [6, 6.07) is 9.82. The van der Waals surface area contributed by atoms with Crippen molar-refractivity contribution in [3.05, 3.63) is 64.7 Å². The Labute approximate surface area is 148 Å². The number of amides is 2. The maximum atomic E-state index is 13.3. The van der Waals surface area contributed by atoms with Crippen LogP contribution in [0.3, 0.4) is 0 Å². The molecule has 2 aromatic carbocycles. The number of halogens is 3. The zero-order chi connectivity index (χ0) is 18.0. The lowest BCUT2D eigenvalue weighted by atomic mass is 10.1. The Morgan fingerprint density at radius 2 is 1.92 bits per heavy atom. The average Bonchev–Trinajstić information content (AvgIpc) is 2.98. The molecule has 4 nitrogen and oxygen atoms in total. The highest BCUT2D eigenvalue weighted by Gasteiger charge is 2.35. The van der Waals surface area contributed by atoms with E-state index in [1.807, 2.05) is 0 Å². The third kappa shape index (κ3) is 3.96. The van der Waals surface area contributed by atoms with E-state index in [9.17, 15) is 18.4 Å². The number of carbonyl (C=O) groups is 2. The van der Waals surface area contributed by atoms with Crippen molar-refractivity contribution in [2.75, 3.05) is 11.4 Å². The Balaban J connectivity index is 1.62. The zero-order valence-corrected chi connectivity index (χ0v) is 13.9. The molecule has 1 heterocycles. The van der Waals surface area contributed by atoms with Crippen molar-refractivity contribution in [3.63, 3.8) is 0 Å². The summed E-state index contributed by atoms with van der Waals surface area (Å²) in [4.78, 5) is 25.9. The molecular formula is C18H15ClF2N2O2. The highest BCUT2D eigenvalue weighted by molar-refractivity contribution is 6.31. The van der Waals surface area contributed by atoms with Crippen LogP contribution in [0.25, 0.3) is 0 Å². The van der Waals surface area contributed by atoms with Gasteiger partial charge in [-0.05, 0) is 35.9 Å². The molecule has 1 aliphatic heterocycles. The van der Waals surface area contributed by atoms with Gasteiger partial charge >= 0.3 is 0 Å². The number of nitrogens with one attached hydrogen (secondary N) is 1. The molecule has 3 rings (SSSR count). The van der Waals surface area contributed by atoms with Crippen LogP contribution in [0.15, 0.2) is 42.5 Å². The molecule has 7 heteroatoms. The molecule has 0 aliphatic carbocycles. The second kappa shape index (κ2) is 7.19. The topological polar surface area (TPSA) is 49.4 Å². The fraction of sp³-hybridized carbons (Fsp3) is 0.222. The summed E-state index contributed by atoms with van der Waals surface area (Å²) in [6.07, 6.45) is 0.0737. The van der Waals surface area contributed by atoms with E-state index in [0.717, 1.165) is 5.56 Å². The molecule has 1 N–H and O–H groups in total. The molecule has 0 radical (unpaired) electrons. The highest BCUT2D eigenvalue weighted by atomic mass is 35.5. The predicted molar refractivity (Wildman–Crippen MR) is 90.1 cm³/mol. The summed E-state index contributed by atoms with van der Waals surface area (Å²) in [6.45, 7) is 0.461. The van der Waals surface area contributed by atoms with Gasteiger partial charge in [-0.15, -0.1) is 0 Å². The van der Waals surface area contributed by atoms with E-state index in [-0.39, 0.29) is 42.2 Å². The molecule has 25 heavy (non-hydrogen) atoms. The summed E-state index contributed by atoms with van der Waals surface area (Å²) >= 11 is 5.75. The van der Waals surface area contributed by atoms with Crippen molar-refractivity contribution in [3.8, 4) is 0 Å². The fourth-order valence-corrected chi connectivity index (χ4v) is 2.90. The van der Waals surface area contributed by atoms with Gasteiger partial charge in [0.2, 0.25) is 11.8 Å². The number of anilines is 1. The van der Waals surface area contributed by atoms with E-state index in [2.05, 4.69) is 5.32 Å². The second-order valence-corrected chi connectivity index (χ2v) is 6.26. The van der Waals surface area contributed by atoms with Crippen molar-refractivity contribution >= 4 is 29.1 Å². The summed E-state index contributed by atoms with van der Waals surface area (Å²) < 4.78 is 26.1. The first kappa shape index (κ1) is 17.4. The highest BCUT2D eigenvalue weighted by Crippen LogP contribution is 2.28. The van der Waals surface area contributed by atoms with Crippen LogP contribution >= 0.6 is 11.6 Å². The second-order valence-electron chi connectivity index (χ2n) is 5.85. The van der Waals surface area contributed by atoms with Gasteiger partial charge in [0.05, 0.1) is 10.9 Å². The van der Waals surface area contributed by atoms with Gasteiger partial charge in [0.25, 0.3) is 0 Å². The molecule has 0 aromatic heterocycles. The van der Waals surface area contributed by atoms with Crippen LogP contribution in [0.4, 0.5) is 14.5 Å². The van der Waals surface area contributed by atoms with Crippen LogP contribution in [-0.2, 0) is 16.1 Å². The van der Waals surface area contributed by atoms with E-state index in [1.54, 1.807) is 12.1 Å². The van der Waals surface area contributed by atoms with E-state index in [0.29, 0.717) is 5.69 Å². The molecule has 2 aromatic rings. The van der Waals surface area contributed by atoms with Crippen LogP contribution in [-0.4, -0.2) is 18.4 Å². The Bertz CT molecular complexity index is 811. The number of carbonyl (C=O) groups excluding carboxylic acids is 2. The molecule has 0 spiro atoms. The van der Waals surface area contributed by atoms with Gasteiger partial charge in [-0.1, -0.05) is 23.7 Å². The number of hydrogen-bond donors (Lipinski definition) is 1. The molecule has 1 fully saturated rings. The van der Waals surface area contributed by atoms with Gasteiger partial charge < -0.3 is 10.2 Å². The molecular weight excluding hydrogens is 350 g/mol. The monoisotopic (exact) mass is 364 g/mol. The van der Waals surface area contributed by atoms with Crippen molar-refractivity contribution < 1.29 is 18.4 Å². The fourth-order valence-electron chi connectivity index (χ4n) is 2.72. The van der Waals surface area contributed by atoms with Crippen LogP contribution in [0.1, 0.15) is 12.0 Å². The van der Waals surface area contributed by atoms with Gasteiger partial charge in [-0.25, -0.2) is 8.78 Å². The molecule has 2 amide bonds. The summed E-state index contributed by atoms with van der Waals surface area (Å²) in [5, 5.41) is 2.67. The Kier molecular flexibility index (Phi) is 4.99. The van der Waals surface area contributed by atoms with Gasteiger partial charge in [0.1, 0.15) is 11.6 Å². The maximum Gasteiger partial charge on any atom is 0.227 e. The lowest BCUT2D eigenvalue weighted by Crippen LogP contribution is -2.32. The minimum absolute atomic E-state index is 0.0737. The minimum atomic E-state index is -0.564. The van der Waals surface area contributed by atoms with Crippen molar-refractivity contribution in [2.24, 2.45) is 5.92 Å². The lowest BCUT2D eigenvalue weighted by Gasteiger charge is -2.17. The smallest absolute Gasteiger partial charge is 0.227 e.